The van der Waals surface area contributed by atoms with Gasteiger partial charge in [-0.25, -0.2) is 0 Å². The van der Waals surface area contributed by atoms with Crippen molar-refractivity contribution in [1.82, 2.24) is 5.32 Å². The van der Waals surface area contributed by atoms with E-state index in [1.165, 1.54) is 5.56 Å². The number of benzene rings is 1. The topological polar surface area (TPSA) is 32.3 Å². The van der Waals surface area contributed by atoms with Crippen LogP contribution in [0.2, 0.25) is 0 Å². The van der Waals surface area contributed by atoms with Gasteiger partial charge < -0.3 is 10.4 Å². The molecule has 114 valence electrons. The highest BCUT2D eigenvalue weighted by Gasteiger charge is 2.26. The molecule has 0 aliphatic rings. The standard InChI is InChI=1S/C18H31NO/c1-8-9-19-12-13-10-14(17(2,3)4)16(20)15(11-13)18(5,6)7/h10-11,19-20H,8-9,12H2,1-7H3. The van der Waals surface area contributed by atoms with E-state index < -0.39 is 0 Å². The van der Waals surface area contributed by atoms with Crippen LogP contribution in [0.3, 0.4) is 0 Å². The predicted molar refractivity (Wildman–Crippen MR) is 87.5 cm³/mol. The van der Waals surface area contributed by atoms with Gasteiger partial charge >= 0.3 is 0 Å². The van der Waals surface area contributed by atoms with Crippen molar-refractivity contribution in [2.75, 3.05) is 6.54 Å². The van der Waals surface area contributed by atoms with E-state index in [4.69, 9.17) is 0 Å². The van der Waals surface area contributed by atoms with Crippen LogP contribution in [-0.4, -0.2) is 11.7 Å². The van der Waals surface area contributed by atoms with Crippen LogP contribution in [0.15, 0.2) is 12.1 Å². The molecule has 0 amide bonds. The number of phenols is 1. The van der Waals surface area contributed by atoms with Crippen LogP contribution in [0.5, 0.6) is 5.75 Å². The lowest BCUT2D eigenvalue weighted by molar-refractivity contribution is 0.422. The fourth-order valence-electron chi connectivity index (χ4n) is 2.35. The summed E-state index contributed by atoms with van der Waals surface area (Å²) < 4.78 is 0. The molecule has 2 nitrogen and oxygen atoms in total. The highest BCUT2D eigenvalue weighted by atomic mass is 16.3. The molecule has 1 rings (SSSR count). The van der Waals surface area contributed by atoms with Gasteiger partial charge in [0.1, 0.15) is 5.75 Å². The van der Waals surface area contributed by atoms with Crippen LogP contribution in [0.25, 0.3) is 0 Å². The summed E-state index contributed by atoms with van der Waals surface area (Å²) in [5.74, 6) is 0.462. The molecule has 0 fully saturated rings. The fourth-order valence-corrected chi connectivity index (χ4v) is 2.35. The normalized spacial score (nSPS) is 12.8. The zero-order valence-electron chi connectivity index (χ0n) is 14.2. The van der Waals surface area contributed by atoms with Gasteiger partial charge in [0.2, 0.25) is 0 Å². The van der Waals surface area contributed by atoms with Crippen molar-refractivity contribution < 1.29 is 5.11 Å². The summed E-state index contributed by atoms with van der Waals surface area (Å²) in [5, 5.41) is 14.1. The second-order valence-corrected chi connectivity index (χ2v) is 7.72. The van der Waals surface area contributed by atoms with E-state index in [0.29, 0.717) is 5.75 Å². The highest BCUT2D eigenvalue weighted by Crippen LogP contribution is 2.39. The van der Waals surface area contributed by atoms with Crippen molar-refractivity contribution in [2.24, 2.45) is 0 Å². The Kier molecular flexibility index (Phi) is 5.26. The van der Waals surface area contributed by atoms with E-state index in [1.807, 2.05) is 0 Å². The molecular weight excluding hydrogens is 246 g/mol. The first-order chi connectivity index (χ1) is 9.07. The second-order valence-electron chi connectivity index (χ2n) is 7.72. The Balaban J connectivity index is 3.28. The van der Waals surface area contributed by atoms with Gasteiger partial charge in [0.05, 0.1) is 0 Å². The van der Waals surface area contributed by atoms with Crippen molar-refractivity contribution in [1.29, 1.82) is 0 Å². The Morgan fingerprint density at radius 2 is 1.40 bits per heavy atom. The maximum Gasteiger partial charge on any atom is 0.123 e. The first kappa shape index (κ1) is 17.0. The SMILES string of the molecule is CCCNCc1cc(C(C)(C)C)c(O)c(C(C)(C)C)c1. The number of hydrogen-bond donors (Lipinski definition) is 2. The Morgan fingerprint density at radius 3 is 1.75 bits per heavy atom. The number of nitrogens with one attached hydrogen (secondary N) is 1. The molecule has 0 bridgehead atoms. The predicted octanol–water partition coefficient (Wildman–Crippen LogP) is 4.49. The van der Waals surface area contributed by atoms with Gasteiger partial charge in [-0.15, -0.1) is 0 Å². The van der Waals surface area contributed by atoms with Gasteiger partial charge in [-0.1, -0.05) is 60.6 Å². The Hall–Kier alpha value is -1.02. The van der Waals surface area contributed by atoms with Crippen LogP contribution in [0, 0.1) is 0 Å². The summed E-state index contributed by atoms with van der Waals surface area (Å²) in [6.45, 7) is 17.0. The molecule has 0 radical (unpaired) electrons. The van der Waals surface area contributed by atoms with E-state index >= 15 is 0 Å². The monoisotopic (exact) mass is 277 g/mol. The van der Waals surface area contributed by atoms with Gasteiger partial charge in [0.15, 0.2) is 0 Å². The van der Waals surface area contributed by atoms with Crippen LogP contribution in [-0.2, 0) is 17.4 Å². The molecule has 0 heterocycles. The van der Waals surface area contributed by atoms with Gasteiger partial charge in [-0.05, 0) is 40.5 Å². The van der Waals surface area contributed by atoms with Gasteiger partial charge in [0.25, 0.3) is 0 Å². The van der Waals surface area contributed by atoms with Crippen LogP contribution >= 0.6 is 0 Å². The van der Waals surface area contributed by atoms with E-state index in [0.717, 1.165) is 30.6 Å². The van der Waals surface area contributed by atoms with Crippen LogP contribution < -0.4 is 5.32 Å². The van der Waals surface area contributed by atoms with Crippen LogP contribution in [0.1, 0.15) is 71.6 Å². The molecule has 2 N–H and O–H groups in total. The zero-order valence-corrected chi connectivity index (χ0v) is 14.2. The van der Waals surface area contributed by atoms with Crippen molar-refractivity contribution in [3.8, 4) is 5.75 Å². The van der Waals surface area contributed by atoms with Crippen LogP contribution in [0.4, 0.5) is 0 Å². The summed E-state index contributed by atoms with van der Waals surface area (Å²) in [4.78, 5) is 0. The summed E-state index contributed by atoms with van der Waals surface area (Å²) in [7, 11) is 0. The lowest BCUT2D eigenvalue weighted by Gasteiger charge is -2.28. The maximum atomic E-state index is 10.6. The molecule has 0 aromatic heterocycles. The zero-order chi connectivity index (χ0) is 15.6. The highest BCUT2D eigenvalue weighted by molar-refractivity contribution is 5.49. The van der Waals surface area contributed by atoms with Gasteiger partial charge in [-0.2, -0.15) is 0 Å². The van der Waals surface area contributed by atoms with Crippen molar-refractivity contribution in [3.05, 3.63) is 28.8 Å². The Labute approximate surface area is 124 Å². The molecular formula is C18H31NO. The fraction of sp³-hybridized carbons (Fsp3) is 0.667. The average molecular weight is 277 g/mol. The average Bonchev–Trinajstić information content (AvgIpc) is 2.28. The largest absolute Gasteiger partial charge is 0.507 e. The molecule has 0 atom stereocenters. The van der Waals surface area contributed by atoms with Gasteiger partial charge in [-0.3, -0.25) is 0 Å². The summed E-state index contributed by atoms with van der Waals surface area (Å²) in [6.07, 6.45) is 1.14. The molecule has 2 heteroatoms. The minimum Gasteiger partial charge on any atom is -0.507 e. The molecule has 0 spiro atoms. The van der Waals surface area contributed by atoms with Crippen molar-refractivity contribution in [2.45, 2.75) is 72.3 Å². The molecule has 0 saturated carbocycles. The molecule has 1 aromatic rings. The van der Waals surface area contributed by atoms with E-state index in [1.54, 1.807) is 0 Å². The number of rotatable bonds is 4. The number of hydrogen-bond acceptors (Lipinski definition) is 2. The third kappa shape index (κ3) is 4.24. The number of phenolic OH excluding ortho intramolecular Hbond substituents is 1. The molecule has 0 aliphatic carbocycles. The van der Waals surface area contributed by atoms with E-state index in [9.17, 15) is 5.11 Å². The Morgan fingerprint density at radius 1 is 0.950 bits per heavy atom. The molecule has 1 aromatic carbocycles. The summed E-state index contributed by atoms with van der Waals surface area (Å²) >= 11 is 0. The lowest BCUT2D eigenvalue weighted by atomic mass is 9.78. The molecule has 0 unspecified atom stereocenters. The first-order valence-electron chi connectivity index (χ1n) is 7.65. The third-order valence-corrected chi connectivity index (χ3v) is 3.54. The van der Waals surface area contributed by atoms with Crippen molar-refractivity contribution in [3.63, 3.8) is 0 Å². The first-order valence-corrected chi connectivity index (χ1v) is 7.65. The smallest absolute Gasteiger partial charge is 0.123 e. The summed E-state index contributed by atoms with van der Waals surface area (Å²) in [5.41, 5.74) is 3.23. The lowest BCUT2D eigenvalue weighted by Crippen LogP contribution is -2.20. The van der Waals surface area contributed by atoms with Gasteiger partial charge in [0, 0.05) is 6.54 Å². The maximum absolute atomic E-state index is 10.6. The second kappa shape index (κ2) is 6.17. The third-order valence-electron chi connectivity index (χ3n) is 3.54. The minimum atomic E-state index is -0.0507. The Bertz CT molecular complexity index is 414. The molecule has 0 aliphatic heterocycles. The molecule has 0 saturated heterocycles. The minimum absolute atomic E-state index is 0.0507. The van der Waals surface area contributed by atoms with E-state index in [-0.39, 0.29) is 10.8 Å². The van der Waals surface area contributed by atoms with Crippen molar-refractivity contribution >= 4 is 0 Å². The quantitative estimate of drug-likeness (QED) is 0.795. The summed E-state index contributed by atoms with van der Waals surface area (Å²) in [6, 6.07) is 4.29. The van der Waals surface area contributed by atoms with E-state index in [2.05, 4.69) is 65.9 Å². The number of aromatic hydroxyl groups is 1. The molecule has 20 heavy (non-hydrogen) atoms.